The van der Waals surface area contributed by atoms with Gasteiger partial charge in [0, 0.05) is 60.9 Å². The van der Waals surface area contributed by atoms with Gasteiger partial charge in [0.25, 0.3) is 0 Å². The number of anilines is 2. The number of amides is 1. The van der Waals surface area contributed by atoms with E-state index in [1.165, 1.54) is 12.1 Å². The highest BCUT2D eigenvalue weighted by atomic mass is 19.1. The van der Waals surface area contributed by atoms with Gasteiger partial charge in [-0.3, -0.25) is 0 Å². The quantitative estimate of drug-likeness (QED) is 0.220. The fourth-order valence-corrected chi connectivity index (χ4v) is 5.24. The maximum Gasteiger partial charge on any atom is 0.410 e. The molecular formula is C34H38FN3O6. The van der Waals surface area contributed by atoms with Crippen molar-refractivity contribution in [3.63, 3.8) is 0 Å². The molecular weight excluding hydrogens is 565 g/mol. The van der Waals surface area contributed by atoms with Gasteiger partial charge < -0.3 is 33.9 Å². The molecule has 1 aliphatic heterocycles. The number of fused-ring (bicyclic) bond motifs is 1. The van der Waals surface area contributed by atoms with Crippen molar-refractivity contribution in [2.75, 3.05) is 39.7 Å². The van der Waals surface area contributed by atoms with Crippen molar-refractivity contribution >= 4 is 28.4 Å². The second-order valence-corrected chi connectivity index (χ2v) is 11.6. The Morgan fingerprint density at radius 3 is 2.16 bits per heavy atom. The van der Waals surface area contributed by atoms with E-state index in [0.29, 0.717) is 60.4 Å². The van der Waals surface area contributed by atoms with Crippen LogP contribution in [-0.2, 0) is 4.74 Å². The number of piperidine rings is 1. The molecule has 2 heterocycles. The van der Waals surface area contributed by atoms with Gasteiger partial charge >= 0.3 is 6.09 Å². The highest BCUT2D eigenvalue weighted by Crippen LogP contribution is 2.42. The van der Waals surface area contributed by atoms with Gasteiger partial charge in [-0.05, 0) is 62.1 Å². The SMILES string of the molecule is COc1cc(Nc2cc3c(-c4ccc(F)cc4)c(OC4CCN(C(=O)OC(C)(C)C)CC4)ccc3cn2)cc(OC)c1OC. The molecule has 0 aliphatic carbocycles. The number of rotatable bonds is 8. The standard InChI is InChI=1S/C34H38FN3O6/c1-34(2,3)44-33(39)38-15-13-25(14-16-38)43-27-12-9-22-20-36-30(19-26(22)31(27)21-7-10-23(35)11-8-21)37-24-17-28(40-4)32(42-6)29(18-24)41-5/h7-12,17-20,25H,13-16H2,1-6H3,(H,36,37). The zero-order valence-corrected chi connectivity index (χ0v) is 25.9. The molecule has 0 atom stereocenters. The van der Waals surface area contributed by atoms with Crippen LogP contribution in [-0.4, -0.2) is 62.1 Å². The monoisotopic (exact) mass is 603 g/mol. The van der Waals surface area contributed by atoms with E-state index < -0.39 is 5.60 Å². The van der Waals surface area contributed by atoms with E-state index in [2.05, 4.69) is 10.3 Å². The Balaban J connectivity index is 1.47. The fourth-order valence-electron chi connectivity index (χ4n) is 5.24. The second kappa shape index (κ2) is 12.9. The molecule has 1 fully saturated rings. The van der Waals surface area contributed by atoms with Gasteiger partial charge in [0.05, 0.1) is 21.3 Å². The molecule has 3 aromatic carbocycles. The molecule has 5 rings (SSSR count). The van der Waals surface area contributed by atoms with Crippen molar-refractivity contribution in [1.82, 2.24) is 9.88 Å². The fraction of sp³-hybridized carbons (Fsp3) is 0.353. The highest BCUT2D eigenvalue weighted by molar-refractivity contribution is 6.00. The number of hydrogen-bond acceptors (Lipinski definition) is 8. The van der Waals surface area contributed by atoms with Gasteiger partial charge in [0.1, 0.15) is 29.1 Å². The third-order valence-corrected chi connectivity index (χ3v) is 7.32. The van der Waals surface area contributed by atoms with E-state index in [1.807, 2.05) is 39.0 Å². The molecule has 232 valence electrons. The minimum absolute atomic E-state index is 0.107. The molecule has 1 saturated heterocycles. The first kappa shape index (κ1) is 30.7. The van der Waals surface area contributed by atoms with Crippen LogP contribution in [0.3, 0.4) is 0 Å². The van der Waals surface area contributed by atoms with Gasteiger partial charge in [0.15, 0.2) is 11.5 Å². The number of nitrogens with one attached hydrogen (secondary N) is 1. The number of nitrogens with zero attached hydrogens (tertiary/aromatic N) is 2. The van der Waals surface area contributed by atoms with Gasteiger partial charge in [-0.2, -0.15) is 0 Å². The molecule has 0 unspecified atom stereocenters. The minimum Gasteiger partial charge on any atom is -0.493 e. The Labute approximate surface area is 256 Å². The van der Waals surface area contributed by atoms with Crippen LogP contribution in [0.5, 0.6) is 23.0 Å². The molecule has 1 N–H and O–H groups in total. The van der Waals surface area contributed by atoms with E-state index >= 15 is 0 Å². The van der Waals surface area contributed by atoms with Crippen LogP contribution >= 0.6 is 0 Å². The topological polar surface area (TPSA) is 91.4 Å². The largest absolute Gasteiger partial charge is 0.493 e. The Hall–Kier alpha value is -4.73. The third kappa shape index (κ3) is 6.90. The van der Waals surface area contributed by atoms with E-state index in [0.717, 1.165) is 21.9 Å². The molecule has 1 aliphatic rings. The van der Waals surface area contributed by atoms with Gasteiger partial charge in [0.2, 0.25) is 5.75 Å². The van der Waals surface area contributed by atoms with Gasteiger partial charge in [-0.1, -0.05) is 12.1 Å². The number of halogens is 1. The maximum absolute atomic E-state index is 14.0. The van der Waals surface area contributed by atoms with Crippen molar-refractivity contribution in [2.45, 2.75) is 45.3 Å². The van der Waals surface area contributed by atoms with E-state index in [1.54, 1.807) is 56.7 Å². The lowest BCUT2D eigenvalue weighted by molar-refractivity contribution is 0.0127. The van der Waals surface area contributed by atoms with Crippen molar-refractivity contribution in [2.24, 2.45) is 0 Å². The van der Waals surface area contributed by atoms with Crippen LogP contribution in [0.25, 0.3) is 21.9 Å². The van der Waals surface area contributed by atoms with Crippen molar-refractivity contribution in [3.05, 3.63) is 66.6 Å². The lowest BCUT2D eigenvalue weighted by Gasteiger charge is -2.34. The van der Waals surface area contributed by atoms with Gasteiger partial charge in [-0.15, -0.1) is 0 Å². The van der Waals surface area contributed by atoms with Crippen LogP contribution in [0.4, 0.5) is 20.7 Å². The molecule has 0 spiro atoms. The summed E-state index contributed by atoms with van der Waals surface area (Å²) in [6.07, 6.45) is 2.68. The normalized spacial score (nSPS) is 13.8. The molecule has 10 heteroatoms. The van der Waals surface area contributed by atoms with Crippen LogP contribution < -0.4 is 24.3 Å². The predicted molar refractivity (Wildman–Crippen MR) is 168 cm³/mol. The molecule has 1 amide bonds. The summed E-state index contributed by atoms with van der Waals surface area (Å²) in [6.45, 7) is 6.65. The van der Waals surface area contributed by atoms with Crippen LogP contribution in [0.2, 0.25) is 0 Å². The molecule has 0 bridgehead atoms. The number of benzene rings is 3. The zero-order chi connectivity index (χ0) is 31.4. The Morgan fingerprint density at radius 1 is 0.909 bits per heavy atom. The summed E-state index contributed by atoms with van der Waals surface area (Å²) in [5.74, 6) is 2.44. The summed E-state index contributed by atoms with van der Waals surface area (Å²) in [6, 6.07) is 15.8. The summed E-state index contributed by atoms with van der Waals surface area (Å²) in [4.78, 5) is 18.9. The van der Waals surface area contributed by atoms with Crippen LogP contribution in [0.1, 0.15) is 33.6 Å². The Kier molecular flexibility index (Phi) is 8.98. The third-order valence-electron chi connectivity index (χ3n) is 7.32. The van der Waals surface area contributed by atoms with E-state index in [9.17, 15) is 9.18 Å². The van der Waals surface area contributed by atoms with Crippen molar-refractivity contribution in [1.29, 1.82) is 0 Å². The zero-order valence-electron chi connectivity index (χ0n) is 25.9. The summed E-state index contributed by atoms with van der Waals surface area (Å²) >= 11 is 0. The van der Waals surface area contributed by atoms with E-state index in [4.69, 9.17) is 23.7 Å². The first-order valence-electron chi connectivity index (χ1n) is 14.5. The molecule has 9 nitrogen and oxygen atoms in total. The second-order valence-electron chi connectivity index (χ2n) is 11.6. The number of methoxy groups -OCH3 is 3. The molecule has 44 heavy (non-hydrogen) atoms. The highest BCUT2D eigenvalue weighted by Gasteiger charge is 2.28. The summed E-state index contributed by atoms with van der Waals surface area (Å²) < 4.78 is 42.5. The first-order valence-corrected chi connectivity index (χ1v) is 14.5. The average Bonchev–Trinajstić information content (AvgIpc) is 3.00. The molecule has 0 radical (unpaired) electrons. The average molecular weight is 604 g/mol. The lowest BCUT2D eigenvalue weighted by Crippen LogP contribution is -2.44. The number of hydrogen-bond donors (Lipinski definition) is 1. The molecule has 4 aromatic rings. The lowest BCUT2D eigenvalue weighted by atomic mass is 9.97. The summed E-state index contributed by atoms with van der Waals surface area (Å²) in [5.41, 5.74) is 1.78. The molecule has 0 saturated carbocycles. The van der Waals surface area contributed by atoms with Crippen molar-refractivity contribution in [3.8, 4) is 34.1 Å². The van der Waals surface area contributed by atoms with E-state index in [-0.39, 0.29) is 18.0 Å². The number of carbonyl (C=O) groups excluding carboxylic acids is 1. The number of aromatic nitrogens is 1. The smallest absolute Gasteiger partial charge is 0.410 e. The number of pyridine rings is 1. The molecule has 1 aromatic heterocycles. The number of ether oxygens (including phenoxy) is 5. The predicted octanol–water partition coefficient (Wildman–Crippen LogP) is 7.59. The van der Waals surface area contributed by atoms with Crippen LogP contribution in [0, 0.1) is 5.82 Å². The maximum atomic E-state index is 14.0. The Bertz CT molecular complexity index is 1600. The summed E-state index contributed by atoms with van der Waals surface area (Å²) in [7, 11) is 4.68. The minimum atomic E-state index is -0.548. The first-order chi connectivity index (χ1) is 21.1. The number of carbonyl (C=O) groups is 1. The number of likely N-dealkylation sites (tertiary alicyclic amines) is 1. The Morgan fingerprint density at radius 2 is 1.57 bits per heavy atom. The van der Waals surface area contributed by atoms with Crippen LogP contribution in [0.15, 0.2) is 60.8 Å². The van der Waals surface area contributed by atoms with Crippen molar-refractivity contribution < 1.29 is 32.9 Å². The van der Waals surface area contributed by atoms with Gasteiger partial charge in [-0.25, -0.2) is 14.2 Å². The summed E-state index contributed by atoms with van der Waals surface area (Å²) in [5, 5.41) is 5.12.